The van der Waals surface area contributed by atoms with Crippen molar-refractivity contribution in [2.75, 3.05) is 39.4 Å². The van der Waals surface area contributed by atoms with Crippen molar-refractivity contribution >= 4 is 31.3 Å². The molecule has 0 aliphatic carbocycles. The molecule has 1 aliphatic rings. The summed E-state index contributed by atoms with van der Waals surface area (Å²) in [6.45, 7) is 20.3. The first-order valence-corrected chi connectivity index (χ1v) is 26.6. The van der Waals surface area contributed by atoms with Gasteiger partial charge in [-0.3, -0.25) is 9.69 Å². The molecule has 1 amide bonds. The van der Waals surface area contributed by atoms with Crippen LogP contribution in [0.5, 0.6) is 11.5 Å². The molecule has 3 N–H and O–H groups in total. The lowest BCUT2D eigenvalue weighted by molar-refractivity contribution is -0.164. The summed E-state index contributed by atoms with van der Waals surface area (Å²) < 4.78 is 25.0. The van der Waals surface area contributed by atoms with E-state index in [-0.39, 0.29) is 35.4 Å². The fraction of sp³-hybridized carbons (Fsp3) is 0.463. The third-order valence-electron chi connectivity index (χ3n) is 13.0. The molecule has 1 aliphatic heterocycles. The molecular weight excluding hydrogens is 863 g/mol. The predicted octanol–water partition coefficient (Wildman–Crippen LogP) is 10.5. The number of amides is 1. The number of rotatable bonds is 19. The molecule has 1 fully saturated rings. The molecule has 67 heavy (non-hydrogen) atoms. The summed E-state index contributed by atoms with van der Waals surface area (Å²) in [5, 5.41) is 23.4. The Morgan fingerprint density at radius 3 is 2.10 bits per heavy atom. The SMILES string of the molecule is CC(C)(C)OC(=O)N(CCCCCOc1ccc(C(O)(C(=O)OCC2CCN(Cc3ccccc3)CC2)c2ccccc2)cc1)CC(O[Si](C)(C)C(C)(C)C)c1ccc(O)c2[nH]c(=O)ccc12. The first-order valence-electron chi connectivity index (χ1n) is 23.7. The summed E-state index contributed by atoms with van der Waals surface area (Å²) in [4.78, 5) is 46.9. The van der Waals surface area contributed by atoms with Crippen molar-refractivity contribution in [2.45, 2.75) is 116 Å². The Morgan fingerprint density at radius 2 is 1.46 bits per heavy atom. The second-order valence-electron chi connectivity index (χ2n) is 20.4. The average molecular weight is 934 g/mol. The van der Waals surface area contributed by atoms with Gasteiger partial charge in [0.2, 0.25) is 11.2 Å². The highest BCUT2D eigenvalue weighted by atomic mass is 28.4. The predicted molar refractivity (Wildman–Crippen MR) is 266 cm³/mol. The molecule has 2 heterocycles. The second-order valence-corrected chi connectivity index (χ2v) is 25.1. The van der Waals surface area contributed by atoms with Gasteiger partial charge in [-0.25, -0.2) is 9.59 Å². The van der Waals surface area contributed by atoms with E-state index < -0.39 is 37.7 Å². The standard InChI is InChI=1S/C54H71N3O9Si/c1-52(2,3)65-51(61)57(37-47(66-67(7,8)53(4,5)6)44-26-28-46(58)49-45(44)27-29-48(59)55-49)32-16-11-17-35-63-43-24-22-42(23-25-43)54(62,41-20-14-10-15-21-41)50(60)64-38-40-30-33-56(34-31-40)36-39-18-12-9-13-19-39/h9-10,12-15,18-29,40,47,58,62H,11,16-17,30-38H2,1-8H3,(H,55,59). The van der Waals surface area contributed by atoms with E-state index >= 15 is 0 Å². The van der Waals surface area contributed by atoms with Crippen LogP contribution in [0.25, 0.3) is 10.9 Å². The lowest BCUT2D eigenvalue weighted by atomic mass is 9.86. The zero-order valence-corrected chi connectivity index (χ0v) is 41.7. The Morgan fingerprint density at radius 1 is 0.821 bits per heavy atom. The normalized spacial score (nSPS) is 15.4. The van der Waals surface area contributed by atoms with E-state index in [1.54, 1.807) is 71.6 Å². The molecule has 2 unspecified atom stereocenters. The molecule has 6 rings (SSSR count). The van der Waals surface area contributed by atoms with Crippen LogP contribution in [-0.2, 0) is 30.8 Å². The molecule has 1 aromatic heterocycles. The van der Waals surface area contributed by atoms with Gasteiger partial charge in [0.1, 0.15) is 17.1 Å². The summed E-state index contributed by atoms with van der Waals surface area (Å²) >= 11 is 0. The number of nitrogens with zero attached hydrogens (tertiary/aromatic N) is 2. The van der Waals surface area contributed by atoms with Crippen molar-refractivity contribution < 1.29 is 38.4 Å². The number of fused-ring (bicyclic) bond motifs is 1. The Balaban J connectivity index is 1.07. The quantitative estimate of drug-likeness (QED) is 0.0415. The van der Waals surface area contributed by atoms with Gasteiger partial charge in [0, 0.05) is 24.5 Å². The van der Waals surface area contributed by atoms with Crippen LogP contribution in [0.4, 0.5) is 4.79 Å². The van der Waals surface area contributed by atoms with Gasteiger partial charge < -0.3 is 38.7 Å². The lowest BCUT2D eigenvalue weighted by Gasteiger charge is -2.41. The molecular formula is C54H71N3O9Si. The van der Waals surface area contributed by atoms with Crippen molar-refractivity contribution in [3.8, 4) is 11.5 Å². The molecule has 0 bridgehead atoms. The monoisotopic (exact) mass is 933 g/mol. The van der Waals surface area contributed by atoms with E-state index in [2.05, 4.69) is 68.0 Å². The first kappa shape index (κ1) is 50.9. The Bertz CT molecular complexity index is 2440. The number of aromatic amines is 1. The number of hydrogen-bond donors (Lipinski definition) is 3. The minimum atomic E-state index is -2.42. The third-order valence-corrected chi connectivity index (χ3v) is 17.5. The van der Waals surface area contributed by atoms with Crippen LogP contribution < -0.4 is 10.3 Å². The van der Waals surface area contributed by atoms with Gasteiger partial charge in [0.05, 0.1) is 31.4 Å². The number of pyridine rings is 1. The number of nitrogens with one attached hydrogen (secondary N) is 1. The topological polar surface area (TPSA) is 151 Å². The van der Waals surface area contributed by atoms with E-state index in [4.69, 9.17) is 18.6 Å². The maximum absolute atomic E-state index is 13.9. The van der Waals surface area contributed by atoms with Crippen LogP contribution in [0.1, 0.15) is 102 Å². The van der Waals surface area contributed by atoms with Gasteiger partial charge in [-0.1, -0.05) is 99.6 Å². The third kappa shape index (κ3) is 13.6. The zero-order valence-electron chi connectivity index (χ0n) is 40.7. The number of aromatic hydroxyl groups is 1. The van der Waals surface area contributed by atoms with Gasteiger partial charge in [0.15, 0.2) is 8.32 Å². The summed E-state index contributed by atoms with van der Waals surface area (Å²) in [6, 6.07) is 32.7. The number of carbonyl (C=O) groups is 2. The van der Waals surface area contributed by atoms with Crippen molar-refractivity contribution in [3.05, 3.63) is 142 Å². The number of phenols is 1. The van der Waals surface area contributed by atoms with E-state index in [9.17, 15) is 24.6 Å². The van der Waals surface area contributed by atoms with Crippen LogP contribution in [-0.4, -0.2) is 90.4 Å². The van der Waals surface area contributed by atoms with Gasteiger partial charge >= 0.3 is 12.1 Å². The van der Waals surface area contributed by atoms with Crippen LogP contribution in [0.15, 0.2) is 114 Å². The Kier molecular flexibility index (Phi) is 16.8. The fourth-order valence-corrected chi connectivity index (χ4v) is 9.42. The summed E-state index contributed by atoms with van der Waals surface area (Å²) in [5.41, 5.74) is 0.119. The summed E-state index contributed by atoms with van der Waals surface area (Å²) in [7, 11) is -2.42. The minimum Gasteiger partial charge on any atom is -0.506 e. The van der Waals surface area contributed by atoms with Crippen LogP contribution >= 0.6 is 0 Å². The number of esters is 1. The van der Waals surface area contributed by atoms with Crippen molar-refractivity contribution in [3.63, 3.8) is 0 Å². The molecule has 2 atom stereocenters. The van der Waals surface area contributed by atoms with E-state index in [1.165, 1.54) is 11.6 Å². The Labute approximate surface area is 397 Å². The minimum absolute atomic E-state index is 0.0460. The molecule has 12 nitrogen and oxygen atoms in total. The molecule has 13 heteroatoms. The number of benzene rings is 4. The number of phenolic OH excluding ortho intramolecular Hbond substituents is 1. The van der Waals surface area contributed by atoms with Crippen molar-refractivity contribution in [1.82, 2.24) is 14.8 Å². The maximum atomic E-state index is 13.9. The van der Waals surface area contributed by atoms with Crippen LogP contribution in [0.2, 0.25) is 18.1 Å². The first-order chi connectivity index (χ1) is 31.7. The average Bonchev–Trinajstić information content (AvgIpc) is 3.29. The lowest BCUT2D eigenvalue weighted by Crippen LogP contribution is -2.46. The number of aromatic nitrogens is 1. The number of hydrogen-bond acceptors (Lipinski definition) is 10. The number of H-pyrrole nitrogens is 1. The number of aliphatic hydroxyl groups is 1. The van der Waals surface area contributed by atoms with Crippen LogP contribution in [0, 0.1) is 5.92 Å². The number of piperidine rings is 1. The molecule has 0 radical (unpaired) electrons. The number of unbranched alkanes of at least 4 members (excludes halogenated alkanes) is 2. The maximum Gasteiger partial charge on any atom is 0.410 e. The summed E-state index contributed by atoms with van der Waals surface area (Å²) in [5.74, 6) is 0.0596. The van der Waals surface area contributed by atoms with E-state index in [0.29, 0.717) is 53.8 Å². The highest BCUT2D eigenvalue weighted by Crippen LogP contribution is 2.42. The van der Waals surface area contributed by atoms with Crippen molar-refractivity contribution in [1.29, 1.82) is 0 Å². The second kappa shape index (κ2) is 22.1. The van der Waals surface area contributed by atoms with Gasteiger partial charge in [-0.15, -0.1) is 0 Å². The smallest absolute Gasteiger partial charge is 0.410 e. The number of carbonyl (C=O) groups excluding carboxylic acids is 2. The van der Waals surface area contributed by atoms with Crippen LogP contribution in [0.3, 0.4) is 0 Å². The van der Waals surface area contributed by atoms with Gasteiger partial charge in [-0.2, -0.15) is 0 Å². The fourth-order valence-electron chi connectivity index (χ4n) is 8.15. The highest BCUT2D eigenvalue weighted by Gasteiger charge is 2.43. The van der Waals surface area contributed by atoms with E-state index in [0.717, 1.165) is 44.5 Å². The van der Waals surface area contributed by atoms with Gasteiger partial charge in [-0.05, 0) is 137 Å². The summed E-state index contributed by atoms with van der Waals surface area (Å²) in [6.07, 6.45) is 2.90. The molecule has 5 aromatic rings. The Hall–Kier alpha value is -5.47. The molecule has 0 saturated carbocycles. The largest absolute Gasteiger partial charge is 0.506 e. The number of ether oxygens (including phenoxy) is 3. The van der Waals surface area contributed by atoms with Crippen molar-refractivity contribution in [2.24, 2.45) is 5.92 Å². The zero-order chi connectivity index (χ0) is 48.4. The number of likely N-dealkylation sites (tertiary alicyclic amines) is 1. The highest BCUT2D eigenvalue weighted by molar-refractivity contribution is 6.74. The molecule has 360 valence electrons. The van der Waals surface area contributed by atoms with E-state index in [1.807, 2.05) is 32.9 Å². The molecule has 4 aromatic carbocycles. The van der Waals surface area contributed by atoms with Gasteiger partial charge in [0.25, 0.3) is 0 Å². The molecule has 1 saturated heterocycles. The molecule has 0 spiro atoms.